The molecular weight excluding hydrogens is 242 g/mol. The van der Waals surface area contributed by atoms with Crippen molar-refractivity contribution >= 4 is 11.3 Å². The van der Waals surface area contributed by atoms with E-state index in [4.69, 9.17) is 4.98 Å². The van der Waals surface area contributed by atoms with Crippen LogP contribution in [0.3, 0.4) is 0 Å². The third-order valence-corrected chi connectivity index (χ3v) is 4.66. The Hall–Kier alpha value is -0.450. The van der Waals surface area contributed by atoms with Crippen molar-refractivity contribution in [1.29, 1.82) is 0 Å². The van der Waals surface area contributed by atoms with E-state index in [1.807, 2.05) is 18.4 Å². The molecule has 4 heteroatoms. The molecule has 18 heavy (non-hydrogen) atoms. The molecule has 0 aliphatic carbocycles. The minimum Gasteiger partial charge on any atom is -0.320 e. The Bertz CT molecular complexity index is 351. The average molecular weight is 267 g/mol. The van der Waals surface area contributed by atoms with Crippen molar-refractivity contribution in [2.75, 3.05) is 33.2 Å². The van der Waals surface area contributed by atoms with E-state index in [0.717, 1.165) is 18.9 Å². The highest BCUT2D eigenvalue weighted by molar-refractivity contribution is 7.09. The maximum atomic E-state index is 4.77. The van der Waals surface area contributed by atoms with Gasteiger partial charge in [-0.25, -0.2) is 4.98 Å². The molecular formula is C14H25N3S. The second-order valence-electron chi connectivity index (χ2n) is 5.19. The molecule has 2 heterocycles. The van der Waals surface area contributed by atoms with E-state index < -0.39 is 0 Å². The largest absolute Gasteiger partial charge is 0.320 e. The van der Waals surface area contributed by atoms with Crippen LogP contribution in [0.5, 0.6) is 0 Å². The van der Waals surface area contributed by atoms with Gasteiger partial charge >= 0.3 is 0 Å². The Morgan fingerprint density at radius 3 is 3.17 bits per heavy atom. The third-order valence-electron chi connectivity index (χ3n) is 3.74. The molecule has 1 aliphatic rings. The number of thiazole rings is 1. The van der Waals surface area contributed by atoms with Crippen molar-refractivity contribution in [2.24, 2.45) is 5.92 Å². The molecule has 1 aliphatic heterocycles. The van der Waals surface area contributed by atoms with Gasteiger partial charge in [0, 0.05) is 18.3 Å². The van der Waals surface area contributed by atoms with Gasteiger partial charge < -0.3 is 10.2 Å². The zero-order chi connectivity index (χ0) is 12.8. The lowest BCUT2D eigenvalue weighted by Gasteiger charge is -2.11. The summed E-state index contributed by atoms with van der Waals surface area (Å²) in [5, 5.41) is 6.78. The molecule has 2 rings (SSSR count). The quantitative estimate of drug-likeness (QED) is 0.768. The van der Waals surface area contributed by atoms with Crippen LogP contribution in [0.1, 0.15) is 30.5 Å². The van der Waals surface area contributed by atoms with Crippen molar-refractivity contribution in [3.8, 4) is 0 Å². The van der Waals surface area contributed by atoms with Gasteiger partial charge in [0.2, 0.25) is 0 Å². The van der Waals surface area contributed by atoms with E-state index in [0.29, 0.717) is 0 Å². The van der Waals surface area contributed by atoms with Gasteiger partial charge in [0.05, 0.1) is 10.7 Å². The molecule has 0 radical (unpaired) electrons. The number of hydrogen-bond acceptors (Lipinski definition) is 4. The number of hydrogen-bond donors (Lipinski definition) is 1. The van der Waals surface area contributed by atoms with Crippen LogP contribution in [0, 0.1) is 5.92 Å². The fraction of sp³-hybridized carbons (Fsp3) is 0.786. The summed E-state index contributed by atoms with van der Waals surface area (Å²) in [5.74, 6) is 0.834. The first-order valence-corrected chi connectivity index (χ1v) is 8.00. The second kappa shape index (κ2) is 7.22. The highest BCUT2D eigenvalue weighted by atomic mass is 32.1. The summed E-state index contributed by atoms with van der Waals surface area (Å²) in [6.07, 6.45) is 4.84. The molecule has 0 bridgehead atoms. The predicted octanol–water partition coefficient (Wildman–Crippen LogP) is 2.18. The lowest BCUT2D eigenvalue weighted by Crippen LogP contribution is -2.20. The molecule has 1 N–H and O–H groups in total. The zero-order valence-corrected chi connectivity index (χ0v) is 12.4. The van der Waals surface area contributed by atoms with E-state index in [9.17, 15) is 0 Å². The van der Waals surface area contributed by atoms with Crippen LogP contribution < -0.4 is 5.32 Å². The Balaban J connectivity index is 1.76. The summed E-state index contributed by atoms with van der Waals surface area (Å²) in [4.78, 5) is 7.32. The topological polar surface area (TPSA) is 28.2 Å². The van der Waals surface area contributed by atoms with E-state index in [1.165, 1.54) is 49.6 Å². The summed E-state index contributed by atoms with van der Waals surface area (Å²) in [6.45, 7) is 7.09. The number of aromatic nitrogens is 1. The maximum Gasteiger partial charge on any atom is 0.0931 e. The summed E-state index contributed by atoms with van der Waals surface area (Å²) < 4.78 is 0. The Labute approximate surface area is 115 Å². The van der Waals surface area contributed by atoms with Crippen molar-refractivity contribution in [3.05, 3.63) is 16.1 Å². The molecule has 1 atom stereocenters. The Kier molecular flexibility index (Phi) is 5.60. The van der Waals surface area contributed by atoms with E-state index >= 15 is 0 Å². The van der Waals surface area contributed by atoms with Crippen LogP contribution in [0.15, 0.2) is 5.38 Å². The zero-order valence-electron chi connectivity index (χ0n) is 11.6. The average Bonchev–Trinajstić information content (AvgIpc) is 3.00. The number of rotatable bonds is 7. The number of aryl methyl sites for hydroxylation is 1. The van der Waals surface area contributed by atoms with Crippen molar-refractivity contribution in [1.82, 2.24) is 15.2 Å². The summed E-state index contributed by atoms with van der Waals surface area (Å²) in [5.41, 5.74) is 1.29. The van der Waals surface area contributed by atoms with Gasteiger partial charge in [-0.1, -0.05) is 6.92 Å². The first-order chi connectivity index (χ1) is 8.81. The molecule has 0 aromatic carbocycles. The molecule has 1 saturated heterocycles. The number of nitrogens with one attached hydrogen (secondary N) is 1. The smallest absolute Gasteiger partial charge is 0.0931 e. The molecule has 3 nitrogen and oxygen atoms in total. The SMILES string of the molecule is CCN1CCC(Cc2nc(CCCNC)cs2)C1. The van der Waals surface area contributed by atoms with Crippen LogP contribution in [-0.2, 0) is 12.8 Å². The van der Waals surface area contributed by atoms with Crippen LogP contribution in [0.4, 0.5) is 0 Å². The van der Waals surface area contributed by atoms with Gasteiger partial charge in [0.1, 0.15) is 0 Å². The van der Waals surface area contributed by atoms with Gasteiger partial charge in [0.15, 0.2) is 0 Å². The minimum atomic E-state index is 0.834. The molecule has 1 aromatic heterocycles. The van der Waals surface area contributed by atoms with Crippen LogP contribution in [-0.4, -0.2) is 43.1 Å². The van der Waals surface area contributed by atoms with E-state index in [1.54, 1.807) is 0 Å². The monoisotopic (exact) mass is 267 g/mol. The van der Waals surface area contributed by atoms with Crippen molar-refractivity contribution < 1.29 is 0 Å². The summed E-state index contributed by atoms with van der Waals surface area (Å²) in [7, 11) is 2.01. The number of nitrogens with zero attached hydrogens (tertiary/aromatic N) is 2. The van der Waals surface area contributed by atoms with E-state index in [-0.39, 0.29) is 0 Å². The van der Waals surface area contributed by atoms with Gasteiger partial charge in [-0.3, -0.25) is 0 Å². The van der Waals surface area contributed by atoms with Crippen LogP contribution >= 0.6 is 11.3 Å². The molecule has 0 spiro atoms. The van der Waals surface area contributed by atoms with Crippen LogP contribution in [0.2, 0.25) is 0 Å². The van der Waals surface area contributed by atoms with Crippen LogP contribution in [0.25, 0.3) is 0 Å². The minimum absolute atomic E-state index is 0.834. The first kappa shape index (κ1) is 14.0. The fourth-order valence-corrected chi connectivity index (χ4v) is 3.56. The first-order valence-electron chi connectivity index (χ1n) is 7.12. The molecule has 1 aromatic rings. The second-order valence-corrected chi connectivity index (χ2v) is 6.13. The summed E-state index contributed by atoms with van der Waals surface area (Å²) in [6, 6.07) is 0. The van der Waals surface area contributed by atoms with Gasteiger partial charge in [-0.2, -0.15) is 0 Å². The van der Waals surface area contributed by atoms with Gasteiger partial charge in [-0.05, 0) is 51.9 Å². The molecule has 102 valence electrons. The Morgan fingerprint density at radius 1 is 1.56 bits per heavy atom. The Morgan fingerprint density at radius 2 is 2.44 bits per heavy atom. The van der Waals surface area contributed by atoms with Crippen molar-refractivity contribution in [3.63, 3.8) is 0 Å². The molecule has 1 fully saturated rings. The normalized spacial score (nSPS) is 20.7. The maximum absolute atomic E-state index is 4.77. The van der Waals surface area contributed by atoms with E-state index in [2.05, 4.69) is 22.5 Å². The molecule has 0 saturated carbocycles. The highest BCUT2D eigenvalue weighted by Gasteiger charge is 2.22. The van der Waals surface area contributed by atoms with Crippen molar-refractivity contribution in [2.45, 2.75) is 32.6 Å². The van der Waals surface area contributed by atoms with Gasteiger partial charge in [-0.15, -0.1) is 11.3 Å². The summed E-state index contributed by atoms with van der Waals surface area (Å²) >= 11 is 1.85. The third kappa shape index (κ3) is 4.04. The number of likely N-dealkylation sites (tertiary alicyclic amines) is 1. The lowest BCUT2D eigenvalue weighted by atomic mass is 10.1. The molecule has 0 amide bonds. The highest BCUT2D eigenvalue weighted by Crippen LogP contribution is 2.22. The lowest BCUT2D eigenvalue weighted by molar-refractivity contribution is 0.342. The fourth-order valence-electron chi connectivity index (χ4n) is 2.62. The standard InChI is InChI=1S/C14H25N3S/c1-3-17-8-6-12(10-17)9-14-16-13(11-18-14)5-4-7-15-2/h11-12,15H,3-10H2,1-2H3. The predicted molar refractivity (Wildman–Crippen MR) is 78.3 cm³/mol. The van der Waals surface area contributed by atoms with Gasteiger partial charge in [0.25, 0.3) is 0 Å². The molecule has 1 unspecified atom stereocenters.